The Hall–Kier alpha value is -1.36. The molecule has 0 unspecified atom stereocenters. The van der Waals surface area contributed by atoms with Crippen LogP contribution in [0.3, 0.4) is 0 Å². The summed E-state index contributed by atoms with van der Waals surface area (Å²) < 4.78 is 7.34. The Morgan fingerprint density at radius 3 is 2.67 bits per heavy atom. The van der Waals surface area contributed by atoms with Gasteiger partial charge in [0.15, 0.2) is 11.6 Å². The molecule has 2 fully saturated rings. The predicted octanol–water partition coefficient (Wildman–Crippen LogP) is 1.65. The summed E-state index contributed by atoms with van der Waals surface area (Å²) >= 11 is 0. The third-order valence-corrected chi connectivity index (χ3v) is 3.85. The molecule has 1 aromatic rings. The summed E-state index contributed by atoms with van der Waals surface area (Å²) in [5, 5.41) is 4.64. The minimum Gasteiger partial charge on any atom is -0.378 e. The van der Waals surface area contributed by atoms with Crippen molar-refractivity contribution in [1.82, 2.24) is 9.78 Å². The number of aromatic nitrogens is 2. The van der Waals surface area contributed by atoms with Crippen molar-refractivity contribution in [3.8, 4) is 0 Å². The van der Waals surface area contributed by atoms with Gasteiger partial charge in [0.1, 0.15) is 0 Å². The highest BCUT2D eigenvalue weighted by atomic mass is 16.5. The average Bonchev–Trinajstić information content (AvgIpc) is 2.73. The van der Waals surface area contributed by atoms with Crippen LogP contribution in [-0.4, -0.2) is 41.9 Å². The molecule has 5 nitrogen and oxygen atoms in total. The molecule has 1 saturated carbocycles. The molecule has 5 heteroatoms. The van der Waals surface area contributed by atoms with Crippen molar-refractivity contribution in [3.63, 3.8) is 0 Å². The molecular formula is C13H19N3O2. The van der Waals surface area contributed by atoms with Gasteiger partial charge in [0.2, 0.25) is 0 Å². The number of anilines is 1. The maximum absolute atomic E-state index is 11.7. The van der Waals surface area contributed by atoms with E-state index in [0.29, 0.717) is 19.3 Å². The quantitative estimate of drug-likeness (QED) is 0.764. The van der Waals surface area contributed by atoms with Crippen molar-refractivity contribution >= 4 is 11.6 Å². The second-order valence-corrected chi connectivity index (χ2v) is 5.09. The molecule has 0 atom stereocenters. The summed E-state index contributed by atoms with van der Waals surface area (Å²) in [7, 11) is 0. The lowest BCUT2D eigenvalue weighted by Crippen LogP contribution is -2.37. The zero-order valence-electron chi connectivity index (χ0n) is 10.8. The average molecular weight is 249 g/mol. The normalized spacial score (nSPS) is 20.8. The molecule has 0 radical (unpaired) electrons. The number of rotatable bonds is 3. The van der Waals surface area contributed by atoms with E-state index in [1.807, 2.05) is 10.9 Å². The van der Waals surface area contributed by atoms with E-state index in [1.165, 1.54) is 19.3 Å². The van der Waals surface area contributed by atoms with Crippen molar-refractivity contribution < 1.29 is 9.53 Å². The van der Waals surface area contributed by atoms with Gasteiger partial charge in [-0.1, -0.05) is 0 Å². The van der Waals surface area contributed by atoms with Crippen LogP contribution in [0.1, 0.15) is 42.6 Å². The van der Waals surface area contributed by atoms with E-state index in [4.69, 9.17) is 4.74 Å². The number of carbonyl (C=O) groups excluding carboxylic acids is 1. The van der Waals surface area contributed by atoms with Gasteiger partial charge in [-0.3, -0.25) is 9.48 Å². The Morgan fingerprint density at radius 2 is 2.11 bits per heavy atom. The van der Waals surface area contributed by atoms with E-state index in [0.717, 1.165) is 24.5 Å². The molecule has 0 bridgehead atoms. The predicted molar refractivity (Wildman–Crippen MR) is 68.2 cm³/mol. The van der Waals surface area contributed by atoms with Gasteiger partial charge in [-0.25, -0.2) is 0 Å². The van der Waals surface area contributed by atoms with Crippen LogP contribution in [0.5, 0.6) is 0 Å². The second-order valence-electron chi connectivity index (χ2n) is 5.09. The van der Waals surface area contributed by atoms with Crippen molar-refractivity contribution in [2.24, 2.45) is 0 Å². The summed E-state index contributed by atoms with van der Waals surface area (Å²) in [6.07, 6.45) is 5.56. The minimum atomic E-state index is 0.0991. The van der Waals surface area contributed by atoms with E-state index in [9.17, 15) is 4.79 Å². The maximum Gasteiger partial charge on any atom is 0.165 e. The van der Waals surface area contributed by atoms with Gasteiger partial charge in [0.05, 0.1) is 24.8 Å². The Morgan fingerprint density at radius 1 is 1.39 bits per heavy atom. The molecule has 2 heterocycles. The smallest absolute Gasteiger partial charge is 0.165 e. The summed E-state index contributed by atoms with van der Waals surface area (Å²) in [6.45, 7) is 4.69. The number of ether oxygens (including phenoxy) is 1. The van der Waals surface area contributed by atoms with E-state index < -0.39 is 0 Å². The van der Waals surface area contributed by atoms with Crippen LogP contribution in [0.2, 0.25) is 0 Å². The van der Waals surface area contributed by atoms with Crippen LogP contribution >= 0.6 is 0 Å². The van der Waals surface area contributed by atoms with Gasteiger partial charge in [-0.2, -0.15) is 5.10 Å². The fourth-order valence-electron chi connectivity index (χ4n) is 2.48. The number of morpholine rings is 1. The molecule has 1 aliphatic heterocycles. The van der Waals surface area contributed by atoms with Gasteiger partial charge in [0, 0.05) is 19.3 Å². The third-order valence-electron chi connectivity index (χ3n) is 3.85. The first-order chi connectivity index (χ1) is 8.75. The first kappa shape index (κ1) is 11.7. The Labute approximate surface area is 107 Å². The lowest BCUT2D eigenvalue weighted by Gasteiger charge is -2.28. The molecule has 98 valence electrons. The van der Waals surface area contributed by atoms with Crippen LogP contribution in [-0.2, 0) is 4.74 Å². The highest BCUT2D eigenvalue weighted by molar-refractivity contribution is 5.98. The van der Waals surface area contributed by atoms with Crippen LogP contribution in [0.25, 0.3) is 0 Å². The molecule has 0 aromatic carbocycles. The number of hydrogen-bond acceptors (Lipinski definition) is 4. The molecular weight excluding hydrogens is 230 g/mol. The molecule has 0 N–H and O–H groups in total. The lowest BCUT2D eigenvalue weighted by molar-refractivity contribution is 0.101. The molecule has 0 amide bonds. The molecule has 1 saturated heterocycles. The van der Waals surface area contributed by atoms with Crippen molar-refractivity contribution in [3.05, 3.63) is 11.8 Å². The van der Waals surface area contributed by atoms with Crippen LogP contribution in [0, 0.1) is 0 Å². The molecule has 0 spiro atoms. The molecule has 1 aliphatic carbocycles. The number of Topliss-reactive ketones (excluding diaryl/α,β-unsaturated/α-hetero) is 1. The summed E-state index contributed by atoms with van der Waals surface area (Å²) in [4.78, 5) is 13.9. The standard InChI is InChI=1S/C13H19N3O2/c1-10(17)12-9-16(11-3-2-4-11)14-13(12)15-5-7-18-8-6-15/h9,11H,2-8H2,1H3. The second kappa shape index (κ2) is 4.72. The largest absolute Gasteiger partial charge is 0.378 e. The SMILES string of the molecule is CC(=O)c1cn(C2CCC2)nc1N1CCOCC1. The Balaban J connectivity index is 1.89. The Kier molecular flexibility index (Phi) is 3.07. The van der Waals surface area contributed by atoms with Crippen LogP contribution in [0.4, 0.5) is 5.82 Å². The van der Waals surface area contributed by atoms with E-state index in [2.05, 4.69) is 10.00 Å². The van der Waals surface area contributed by atoms with Gasteiger partial charge < -0.3 is 9.64 Å². The fraction of sp³-hybridized carbons (Fsp3) is 0.692. The third kappa shape index (κ3) is 2.03. The fourth-order valence-corrected chi connectivity index (χ4v) is 2.48. The molecule has 3 rings (SSSR count). The molecule has 18 heavy (non-hydrogen) atoms. The zero-order valence-corrected chi connectivity index (χ0v) is 10.8. The summed E-state index contributed by atoms with van der Waals surface area (Å²) in [6, 6.07) is 0.498. The highest BCUT2D eigenvalue weighted by Crippen LogP contribution is 2.33. The first-order valence-corrected chi connectivity index (χ1v) is 6.68. The van der Waals surface area contributed by atoms with Crippen molar-refractivity contribution in [2.75, 3.05) is 31.2 Å². The van der Waals surface area contributed by atoms with E-state index in [1.54, 1.807) is 6.92 Å². The van der Waals surface area contributed by atoms with Crippen LogP contribution < -0.4 is 4.90 Å². The lowest BCUT2D eigenvalue weighted by atomic mass is 9.93. The summed E-state index contributed by atoms with van der Waals surface area (Å²) in [5.41, 5.74) is 0.754. The summed E-state index contributed by atoms with van der Waals surface area (Å²) in [5.74, 6) is 0.944. The molecule has 1 aromatic heterocycles. The van der Waals surface area contributed by atoms with E-state index in [-0.39, 0.29) is 5.78 Å². The molecule has 2 aliphatic rings. The number of carbonyl (C=O) groups is 1. The topological polar surface area (TPSA) is 47.4 Å². The van der Waals surface area contributed by atoms with Gasteiger partial charge in [0.25, 0.3) is 0 Å². The zero-order chi connectivity index (χ0) is 12.5. The van der Waals surface area contributed by atoms with Gasteiger partial charge in [-0.05, 0) is 26.2 Å². The van der Waals surface area contributed by atoms with Gasteiger partial charge >= 0.3 is 0 Å². The minimum absolute atomic E-state index is 0.0991. The van der Waals surface area contributed by atoms with Gasteiger partial charge in [-0.15, -0.1) is 0 Å². The monoisotopic (exact) mass is 249 g/mol. The number of nitrogens with zero attached hydrogens (tertiary/aromatic N) is 3. The number of hydrogen-bond donors (Lipinski definition) is 0. The first-order valence-electron chi connectivity index (χ1n) is 6.68. The maximum atomic E-state index is 11.7. The van der Waals surface area contributed by atoms with Crippen molar-refractivity contribution in [2.45, 2.75) is 32.2 Å². The van der Waals surface area contributed by atoms with Crippen molar-refractivity contribution in [1.29, 1.82) is 0 Å². The van der Waals surface area contributed by atoms with Crippen LogP contribution in [0.15, 0.2) is 6.20 Å². The Bertz CT molecular complexity index is 445. The highest BCUT2D eigenvalue weighted by Gasteiger charge is 2.26. The number of ketones is 1. The van der Waals surface area contributed by atoms with E-state index >= 15 is 0 Å².